The number of anilines is 1. The Balaban J connectivity index is 1.53. The SMILES string of the molecule is CCn1cc(OC[C@@]2(c3ccccc3)C[C@H]2C(=O)Nc2ccccn2)c(C)n1. The summed E-state index contributed by atoms with van der Waals surface area (Å²) in [6, 6.07) is 15.6. The van der Waals surface area contributed by atoms with Crippen LogP contribution in [0.5, 0.6) is 5.75 Å². The fourth-order valence-electron chi connectivity index (χ4n) is 3.64. The number of hydrogen-bond acceptors (Lipinski definition) is 4. The third kappa shape index (κ3) is 3.50. The minimum absolute atomic E-state index is 0.0212. The molecule has 0 saturated heterocycles. The molecule has 2 heterocycles. The molecule has 0 spiro atoms. The van der Waals surface area contributed by atoms with E-state index in [4.69, 9.17) is 4.74 Å². The second-order valence-corrected chi connectivity index (χ2v) is 7.21. The van der Waals surface area contributed by atoms with Crippen molar-refractivity contribution in [2.45, 2.75) is 32.2 Å². The number of nitrogens with one attached hydrogen (secondary N) is 1. The number of pyridine rings is 1. The molecule has 28 heavy (non-hydrogen) atoms. The maximum absolute atomic E-state index is 12.9. The quantitative estimate of drug-likeness (QED) is 0.684. The van der Waals surface area contributed by atoms with Crippen LogP contribution >= 0.6 is 0 Å². The first-order valence-corrected chi connectivity index (χ1v) is 9.56. The Morgan fingerprint density at radius 2 is 2.04 bits per heavy atom. The summed E-state index contributed by atoms with van der Waals surface area (Å²) in [5.74, 6) is 1.17. The standard InChI is InChI=1S/C22H24N4O2/c1-3-26-14-19(16(2)25-26)28-15-22(17-9-5-4-6-10-17)13-18(22)21(27)24-20-11-7-8-12-23-20/h4-12,14,18H,3,13,15H2,1-2H3,(H,23,24,27)/t18-,22+/m0/s1. The molecule has 0 radical (unpaired) electrons. The predicted octanol–water partition coefficient (Wildman–Crippen LogP) is 3.58. The molecule has 1 aliphatic carbocycles. The Kier molecular flexibility index (Phi) is 4.86. The summed E-state index contributed by atoms with van der Waals surface area (Å²) in [5.41, 5.74) is 1.65. The van der Waals surface area contributed by atoms with Gasteiger partial charge >= 0.3 is 0 Å². The van der Waals surface area contributed by atoms with E-state index in [1.807, 2.05) is 55.1 Å². The minimum atomic E-state index is -0.332. The van der Waals surface area contributed by atoms with E-state index in [1.165, 1.54) is 0 Å². The Bertz CT molecular complexity index is 955. The van der Waals surface area contributed by atoms with E-state index < -0.39 is 0 Å². The average Bonchev–Trinajstić information content (AvgIpc) is 3.37. The highest BCUT2D eigenvalue weighted by Gasteiger charge is 2.60. The molecule has 2 aromatic heterocycles. The molecule has 144 valence electrons. The normalized spacial score (nSPS) is 20.6. The molecular weight excluding hydrogens is 352 g/mol. The predicted molar refractivity (Wildman–Crippen MR) is 107 cm³/mol. The zero-order valence-electron chi connectivity index (χ0n) is 16.1. The highest BCUT2D eigenvalue weighted by atomic mass is 16.5. The molecule has 4 rings (SSSR count). The number of carbonyl (C=O) groups is 1. The fourth-order valence-corrected chi connectivity index (χ4v) is 3.64. The lowest BCUT2D eigenvalue weighted by Crippen LogP contribution is -2.26. The summed E-state index contributed by atoms with van der Waals surface area (Å²) in [6.07, 6.45) is 4.33. The molecule has 0 bridgehead atoms. The van der Waals surface area contributed by atoms with Crippen LogP contribution in [0.15, 0.2) is 60.9 Å². The van der Waals surface area contributed by atoms with Crippen LogP contribution in [0, 0.1) is 12.8 Å². The summed E-state index contributed by atoms with van der Waals surface area (Å²) < 4.78 is 8.01. The van der Waals surface area contributed by atoms with E-state index in [-0.39, 0.29) is 17.2 Å². The van der Waals surface area contributed by atoms with Gasteiger partial charge in [-0.25, -0.2) is 4.98 Å². The third-order valence-electron chi connectivity index (χ3n) is 5.37. The molecule has 1 fully saturated rings. The van der Waals surface area contributed by atoms with Crippen molar-refractivity contribution in [3.63, 3.8) is 0 Å². The Morgan fingerprint density at radius 3 is 2.71 bits per heavy atom. The monoisotopic (exact) mass is 376 g/mol. The number of benzene rings is 1. The van der Waals surface area contributed by atoms with E-state index in [0.717, 1.165) is 30.0 Å². The lowest BCUT2D eigenvalue weighted by Gasteiger charge is -2.18. The first-order chi connectivity index (χ1) is 13.6. The largest absolute Gasteiger partial charge is 0.489 e. The average molecular weight is 376 g/mol. The van der Waals surface area contributed by atoms with Gasteiger partial charge in [0.15, 0.2) is 5.75 Å². The number of amides is 1. The van der Waals surface area contributed by atoms with Gasteiger partial charge in [0.1, 0.15) is 11.5 Å². The van der Waals surface area contributed by atoms with Crippen molar-refractivity contribution in [2.24, 2.45) is 5.92 Å². The molecule has 0 unspecified atom stereocenters. The lowest BCUT2D eigenvalue weighted by atomic mass is 9.93. The Hall–Kier alpha value is -3.15. The molecular formula is C22H24N4O2. The van der Waals surface area contributed by atoms with E-state index >= 15 is 0 Å². The molecule has 1 amide bonds. The van der Waals surface area contributed by atoms with Crippen LogP contribution in [-0.2, 0) is 16.8 Å². The zero-order valence-corrected chi connectivity index (χ0v) is 16.1. The van der Waals surface area contributed by atoms with E-state index in [1.54, 1.807) is 12.3 Å². The summed E-state index contributed by atoms with van der Waals surface area (Å²) in [4.78, 5) is 17.1. The number of carbonyl (C=O) groups excluding carboxylic acids is 1. The first-order valence-electron chi connectivity index (χ1n) is 9.56. The molecule has 3 aromatic rings. The van der Waals surface area contributed by atoms with E-state index in [0.29, 0.717) is 12.4 Å². The van der Waals surface area contributed by atoms with E-state index in [2.05, 4.69) is 27.5 Å². The molecule has 2 atom stereocenters. The van der Waals surface area contributed by atoms with Crippen molar-refractivity contribution in [1.82, 2.24) is 14.8 Å². The summed E-state index contributed by atoms with van der Waals surface area (Å²) in [7, 11) is 0. The maximum atomic E-state index is 12.9. The van der Waals surface area contributed by atoms with Gasteiger partial charge in [0.25, 0.3) is 0 Å². The van der Waals surface area contributed by atoms with Crippen molar-refractivity contribution >= 4 is 11.7 Å². The number of aromatic nitrogens is 3. The number of hydrogen-bond donors (Lipinski definition) is 1. The second-order valence-electron chi connectivity index (χ2n) is 7.21. The third-order valence-corrected chi connectivity index (χ3v) is 5.37. The topological polar surface area (TPSA) is 69.0 Å². The van der Waals surface area contributed by atoms with Crippen LogP contribution in [-0.4, -0.2) is 27.3 Å². The van der Waals surface area contributed by atoms with Crippen molar-refractivity contribution < 1.29 is 9.53 Å². The molecule has 1 aliphatic rings. The number of aryl methyl sites for hydroxylation is 2. The Morgan fingerprint density at radius 1 is 1.25 bits per heavy atom. The van der Waals surface area contributed by atoms with Crippen LogP contribution in [0.1, 0.15) is 24.6 Å². The van der Waals surface area contributed by atoms with Crippen molar-refractivity contribution in [1.29, 1.82) is 0 Å². The maximum Gasteiger partial charge on any atom is 0.229 e. The Labute approximate surface area is 164 Å². The molecule has 1 saturated carbocycles. The van der Waals surface area contributed by atoms with Crippen molar-refractivity contribution in [3.8, 4) is 5.75 Å². The zero-order chi connectivity index (χ0) is 19.6. The number of rotatable bonds is 7. The number of ether oxygens (including phenoxy) is 1. The first kappa shape index (κ1) is 18.2. The van der Waals surface area contributed by atoms with Crippen LogP contribution < -0.4 is 10.1 Å². The molecule has 0 aliphatic heterocycles. The van der Waals surface area contributed by atoms with Gasteiger partial charge in [0, 0.05) is 18.2 Å². The molecule has 6 heteroatoms. The highest BCUT2D eigenvalue weighted by Crippen LogP contribution is 2.55. The van der Waals surface area contributed by atoms with Gasteiger partial charge in [-0.15, -0.1) is 0 Å². The van der Waals surface area contributed by atoms with Gasteiger partial charge in [-0.1, -0.05) is 36.4 Å². The summed E-state index contributed by atoms with van der Waals surface area (Å²) >= 11 is 0. The van der Waals surface area contributed by atoms with Crippen LogP contribution in [0.3, 0.4) is 0 Å². The van der Waals surface area contributed by atoms with E-state index in [9.17, 15) is 4.79 Å². The molecule has 1 N–H and O–H groups in total. The fraction of sp³-hybridized carbons (Fsp3) is 0.318. The van der Waals surface area contributed by atoms with Crippen LogP contribution in [0.2, 0.25) is 0 Å². The number of nitrogens with zero attached hydrogens (tertiary/aromatic N) is 3. The van der Waals surface area contributed by atoms with Crippen molar-refractivity contribution in [3.05, 3.63) is 72.2 Å². The van der Waals surface area contributed by atoms with Crippen LogP contribution in [0.25, 0.3) is 0 Å². The molecule has 1 aromatic carbocycles. The van der Waals surface area contributed by atoms with Gasteiger partial charge < -0.3 is 10.1 Å². The van der Waals surface area contributed by atoms with Gasteiger partial charge in [0.2, 0.25) is 5.91 Å². The van der Waals surface area contributed by atoms with Crippen LogP contribution in [0.4, 0.5) is 5.82 Å². The minimum Gasteiger partial charge on any atom is -0.489 e. The molecule has 6 nitrogen and oxygen atoms in total. The second kappa shape index (κ2) is 7.46. The summed E-state index contributed by atoms with van der Waals surface area (Å²) in [5, 5.41) is 7.37. The van der Waals surface area contributed by atoms with Gasteiger partial charge in [-0.05, 0) is 38.0 Å². The van der Waals surface area contributed by atoms with Gasteiger partial charge in [-0.3, -0.25) is 9.48 Å². The lowest BCUT2D eigenvalue weighted by molar-refractivity contribution is -0.117. The van der Waals surface area contributed by atoms with Gasteiger partial charge in [-0.2, -0.15) is 5.10 Å². The highest BCUT2D eigenvalue weighted by molar-refractivity contribution is 5.95. The smallest absolute Gasteiger partial charge is 0.229 e. The summed E-state index contributed by atoms with van der Waals surface area (Å²) in [6.45, 7) is 5.21. The van der Waals surface area contributed by atoms with Crippen molar-refractivity contribution in [2.75, 3.05) is 11.9 Å². The van der Waals surface area contributed by atoms with Gasteiger partial charge in [0.05, 0.1) is 18.7 Å².